The van der Waals surface area contributed by atoms with Crippen molar-refractivity contribution in [3.8, 4) is 5.75 Å². The van der Waals surface area contributed by atoms with Gasteiger partial charge in [0.05, 0.1) is 13.3 Å². The van der Waals surface area contributed by atoms with Crippen LogP contribution in [0.15, 0.2) is 54.5 Å². The molecular formula is C18H18N2O6S. The molecule has 0 saturated heterocycles. The summed E-state index contributed by atoms with van der Waals surface area (Å²) in [6, 6.07) is 12.7. The van der Waals surface area contributed by atoms with Gasteiger partial charge < -0.3 is 14.6 Å². The SMILES string of the molecule is COC(=O)Oc1cc(Cc2cccc(C)c2)ccc1N1C=C(O)NS1(=O)=O. The molecular weight excluding hydrogens is 372 g/mol. The first kappa shape index (κ1) is 18.6. The van der Waals surface area contributed by atoms with Gasteiger partial charge in [0.15, 0.2) is 5.75 Å². The molecule has 0 radical (unpaired) electrons. The highest BCUT2D eigenvalue weighted by atomic mass is 32.2. The zero-order valence-corrected chi connectivity index (χ0v) is 15.5. The first-order valence-corrected chi connectivity index (χ1v) is 9.40. The molecule has 0 bridgehead atoms. The van der Waals surface area contributed by atoms with Crippen molar-refractivity contribution < 1.29 is 27.8 Å². The number of ether oxygens (including phenoxy) is 2. The average Bonchev–Trinajstić information content (AvgIpc) is 2.87. The molecule has 1 aliphatic rings. The molecule has 1 aliphatic heterocycles. The number of aliphatic hydroxyl groups is 1. The molecule has 2 aromatic carbocycles. The van der Waals surface area contributed by atoms with Crippen molar-refractivity contribution in [1.29, 1.82) is 0 Å². The Morgan fingerprint density at radius 1 is 1.19 bits per heavy atom. The quantitative estimate of drug-likeness (QED) is 0.614. The summed E-state index contributed by atoms with van der Waals surface area (Å²) < 4.78 is 36.6. The molecule has 0 atom stereocenters. The van der Waals surface area contributed by atoms with Gasteiger partial charge in [-0.1, -0.05) is 35.9 Å². The Morgan fingerprint density at radius 3 is 2.56 bits per heavy atom. The summed E-state index contributed by atoms with van der Waals surface area (Å²) in [5.74, 6) is -0.550. The van der Waals surface area contributed by atoms with E-state index in [0.29, 0.717) is 6.42 Å². The van der Waals surface area contributed by atoms with Gasteiger partial charge in [0.25, 0.3) is 0 Å². The van der Waals surface area contributed by atoms with E-state index in [1.54, 1.807) is 12.1 Å². The van der Waals surface area contributed by atoms with E-state index in [9.17, 15) is 18.3 Å². The minimum Gasteiger partial charge on any atom is -0.493 e. The third-order valence-corrected chi connectivity index (χ3v) is 5.13. The molecule has 0 spiro atoms. The number of hydrogen-bond donors (Lipinski definition) is 2. The molecule has 0 aliphatic carbocycles. The maximum atomic E-state index is 12.1. The predicted molar refractivity (Wildman–Crippen MR) is 98.7 cm³/mol. The smallest absolute Gasteiger partial charge is 0.493 e. The molecule has 27 heavy (non-hydrogen) atoms. The number of hydrogen-bond acceptors (Lipinski definition) is 6. The van der Waals surface area contributed by atoms with Gasteiger partial charge in [-0.25, -0.2) is 13.8 Å². The van der Waals surface area contributed by atoms with Gasteiger partial charge in [-0.15, -0.1) is 0 Å². The topological polar surface area (TPSA) is 105 Å². The van der Waals surface area contributed by atoms with Gasteiger partial charge in [0, 0.05) is 0 Å². The standard InChI is InChI=1S/C18H18N2O6S/c1-12-4-3-5-13(8-12)9-14-6-7-15(16(10-14)26-18(22)25-2)20-11-17(21)19-27(20,23)24/h3-8,10-11,19,21H,9H2,1-2H3. The molecule has 0 unspecified atom stereocenters. The highest BCUT2D eigenvalue weighted by Gasteiger charge is 2.31. The van der Waals surface area contributed by atoms with Gasteiger partial charge in [-0.3, -0.25) is 0 Å². The second-order valence-electron chi connectivity index (χ2n) is 5.94. The maximum Gasteiger partial charge on any atom is 0.513 e. The summed E-state index contributed by atoms with van der Waals surface area (Å²) in [5.41, 5.74) is 3.04. The lowest BCUT2D eigenvalue weighted by molar-refractivity contribution is 0.121. The summed E-state index contributed by atoms with van der Waals surface area (Å²) >= 11 is 0. The zero-order valence-electron chi connectivity index (χ0n) is 14.7. The van der Waals surface area contributed by atoms with E-state index in [0.717, 1.165) is 34.3 Å². The van der Waals surface area contributed by atoms with E-state index < -0.39 is 22.2 Å². The second kappa shape index (κ2) is 7.20. The third-order valence-electron chi connectivity index (χ3n) is 3.84. The van der Waals surface area contributed by atoms with Crippen LogP contribution in [0, 0.1) is 6.92 Å². The van der Waals surface area contributed by atoms with Crippen LogP contribution >= 0.6 is 0 Å². The summed E-state index contributed by atoms with van der Waals surface area (Å²) in [6.07, 6.45) is 0.558. The van der Waals surface area contributed by atoms with E-state index in [-0.39, 0.29) is 11.4 Å². The van der Waals surface area contributed by atoms with E-state index in [4.69, 9.17) is 4.74 Å². The Bertz CT molecular complexity index is 1020. The number of anilines is 1. The van der Waals surface area contributed by atoms with Gasteiger partial charge in [0.1, 0.15) is 5.69 Å². The number of aryl methyl sites for hydroxylation is 1. The highest BCUT2D eigenvalue weighted by molar-refractivity contribution is 7.91. The van der Waals surface area contributed by atoms with Gasteiger partial charge in [-0.2, -0.15) is 8.42 Å². The lowest BCUT2D eigenvalue weighted by atomic mass is 10.0. The Hall–Kier alpha value is -3.20. The molecule has 2 N–H and O–H groups in total. The van der Waals surface area contributed by atoms with Crippen LogP contribution in [-0.4, -0.2) is 26.8 Å². The highest BCUT2D eigenvalue weighted by Crippen LogP contribution is 2.34. The summed E-state index contributed by atoms with van der Waals surface area (Å²) in [5, 5.41) is 9.49. The second-order valence-corrected chi connectivity index (χ2v) is 7.49. The number of carbonyl (C=O) groups excluding carboxylic acids is 1. The molecule has 0 aromatic heterocycles. The lowest BCUT2D eigenvalue weighted by Gasteiger charge is -2.18. The Balaban J connectivity index is 2.00. The summed E-state index contributed by atoms with van der Waals surface area (Å²) in [4.78, 5) is 11.6. The van der Waals surface area contributed by atoms with Crippen LogP contribution in [0.5, 0.6) is 5.75 Å². The number of nitrogens with zero attached hydrogens (tertiary/aromatic N) is 1. The molecule has 0 amide bonds. The summed E-state index contributed by atoms with van der Waals surface area (Å²) in [6.45, 7) is 1.99. The predicted octanol–water partition coefficient (Wildman–Crippen LogP) is 2.74. The first-order chi connectivity index (χ1) is 12.8. The van der Waals surface area contributed by atoms with E-state index >= 15 is 0 Å². The Kier molecular flexibility index (Phi) is 4.95. The van der Waals surface area contributed by atoms with Gasteiger partial charge in [-0.05, 0) is 36.6 Å². The van der Waals surface area contributed by atoms with Crippen LogP contribution in [0.1, 0.15) is 16.7 Å². The largest absolute Gasteiger partial charge is 0.513 e. The third kappa shape index (κ3) is 4.14. The van der Waals surface area contributed by atoms with Crippen LogP contribution in [0.3, 0.4) is 0 Å². The van der Waals surface area contributed by atoms with Crippen LogP contribution in [-0.2, 0) is 21.4 Å². The van der Waals surface area contributed by atoms with Crippen LogP contribution < -0.4 is 13.8 Å². The molecule has 0 fully saturated rings. The zero-order chi connectivity index (χ0) is 19.6. The summed E-state index contributed by atoms with van der Waals surface area (Å²) in [7, 11) is -2.87. The number of rotatable bonds is 4. The van der Waals surface area contributed by atoms with E-state index in [2.05, 4.69) is 4.74 Å². The Morgan fingerprint density at radius 2 is 1.93 bits per heavy atom. The average molecular weight is 390 g/mol. The number of carbonyl (C=O) groups is 1. The van der Waals surface area contributed by atoms with E-state index in [1.807, 2.05) is 35.9 Å². The molecule has 0 saturated carbocycles. The fourth-order valence-electron chi connectivity index (χ4n) is 2.71. The monoisotopic (exact) mass is 390 g/mol. The fraction of sp³-hybridized carbons (Fsp3) is 0.167. The minimum absolute atomic E-state index is 0.0108. The van der Waals surface area contributed by atoms with Crippen molar-refractivity contribution in [2.75, 3.05) is 11.4 Å². The van der Waals surface area contributed by atoms with Gasteiger partial charge in [0.2, 0.25) is 5.88 Å². The van der Waals surface area contributed by atoms with Crippen LogP contribution in [0.4, 0.5) is 10.5 Å². The maximum absolute atomic E-state index is 12.1. The number of benzene rings is 2. The van der Waals surface area contributed by atoms with Crippen LogP contribution in [0.25, 0.3) is 0 Å². The number of aliphatic hydroxyl groups excluding tert-OH is 1. The van der Waals surface area contributed by atoms with E-state index in [1.165, 1.54) is 6.07 Å². The first-order valence-electron chi connectivity index (χ1n) is 7.96. The molecule has 9 heteroatoms. The van der Waals surface area contributed by atoms with Gasteiger partial charge >= 0.3 is 16.4 Å². The lowest BCUT2D eigenvalue weighted by Crippen LogP contribution is -2.30. The molecule has 8 nitrogen and oxygen atoms in total. The van der Waals surface area contributed by atoms with Crippen molar-refractivity contribution >= 4 is 22.1 Å². The van der Waals surface area contributed by atoms with Crippen molar-refractivity contribution in [2.45, 2.75) is 13.3 Å². The van der Waals surface area contributed by atoms with Crippen molar-refractivity contribution in [2.24, 2.45) is 0 Å². The van der Waals surface area contributed by atoms with Crippen LogP contribution in [0.2, 0.25) is 0 Å². The minimum atomic E-state index is -4.02. The Labute approximate surface area is 156 Å². The fourth-order valence-corrected chi connectivity index (χ4v) is 3.77. The normalized spacial score (nSPS) is 15.0. The molecule has 3 rings (SSSR count). The van der Waals surface area contributed by atoms with Crippen molar-refractivity contribution in [1.82, 2.24) is 4.72 Å². The molecule has 142 valence electrons. The molecule has 2 aromatic rings. The van der Waals surface area contributed by atoms with Crippen molar-refractivity contribution in [3.63, 3.8) is 0 Å². The number of nitrogens with one attached hydrogen (secondary N) is 1. The number of methoxy groups -OCH3 is 1. The molecule has 1 heterocycles. The van der Waals surface area contributed by atoms with Crippen molar-refractivity contribution in [3.05, 3.63) is 71.2 Å².